The van der Waals surface area contributed by atoms with Crippen molar-refractivity contribution in [3.05, 3.63) is 65.5 Å². The summed E-state index contributed by atoms with van der Waals surface area (Å²) in [7, 11) is -3.93. The van der Waals surface area contributed by atoms with E-state index >= 15 is 0 Å². The SMILES string of the molecule is O=C(O)c1ccc(S(=O)(=O)NC2CCCN(Cc3ccccc3)C2)cc1F. The van der Waals surface area contributed by atoms with Crippen LogP contribution in [0.25, 0.3) is 0 Å². The third-order valence-electron chi connectivity index (χ3n) is 4.56. The molecule has 1 unspecified atom stereocenters. The molecule has 8 heteroatoms. The lowest BCUT2D eigenvalue weighted by atomic mass is 10.1. The fourth-order valence-electron chi connectivity index (χ4n) is 3.26. The molecule has 1 aliphatic rings. The summed E-state index contributed by atoms with van der Waals surface area (Å²) >= 11 is 0. The quantitative estimate of drug-likeness (QED) is 0.789. The van der Waals surface area contributed by atoms with E-state index in [1.165, 1.54) is 0 Å². The third kappa shape index (κ3) is 4.91. The van der Waals surface area contributed by atoms with Crippen LogP contribution in [0.2, 0.25) is 0 Å². The monoisotopic (exact) mass is 392 g/mol. The molecule has 27 heavy (non-hydrogen) atoms. The number of carboxylic acid groups (broad SMARTS) is 1. The lowest BCUT2D eigenvalue weighted by Crippen LogP contribution is -2.47. The Morgan fingerprint density at radius 2 is 1.96 bits per heavy atom. The number of sulfonamides is 1. The van der Waals surface area contributed by atoms with Crippen molar-refractivity contribution >= 4 is 16.0 Å². The van der Waals surface area contributed by atoms with E-state index in [-0.39, 0.29) is 10.9 Å². The maximum absolute atomic E-state index is 13.8. The maximum atomic E-state index is 13.8. The second kappa shape index (κ2) is 8.16. The van der Waals surface area contributed by atoms with Crippen LogP contribution >= 0.6 is 0 Å². The van der Waals surface area contributed by atoms with E-state index in [4.69, 9.17) is 5.11 Å². The highest BCUT2D eigenvalue weighted by atomic mass is 32.2. The molecule has 0 aromatic heterocycles. The van der Waals surface area contributed by atoms with E-state index in [2.05, 4.69) is 9.62 Å². The van der Waals surface area contributed by atoms with Gasteiger partial charge in [0.2, 0.25) is 10.0 Å². The van der Waals surface area contributed by atoms with E-state index in [0.29, 0.717) is 13.0 Å². The molecule has 144 valence electrons. The minimum atomic E-state index is -3.93. The molecule has 0 aliphatic carbocycles. The van der Waals surface area contributed by atoms with E-state index < -0.39 is 27.4 Å². The number of benzene rings is 2. The van der Waals surface area contributed by atoms with Crippen LogP contribution in [-0.2, 0) is 16.6 Å². The van der Waals surface area contributed by atoms with E-state index in [1.54, 1.807) is 0 Å². The number of hydrogen-bond acceptors (Lipinski definition) is 4. The molecule has 1 aliphatic heterocycles. The number of nitrogens with zero attached hydrogens (tertiary/aromatic N) is 1. The number of hydrogen-bond donors (Lipinski definition) is 2. The Bertz CT molecular complexity index is 919. The lowest BCUT2D eigenvalue weighted by Gasteiger charge is -2.33. The molecular weight excluding hydrogens is 371 g/mol. The van der Waals surface area contributed by atoms with Gasteiger partial charge in [-0.1, -0.05) is 30.3 Å². The molecule has 1 heterocycles. The van der Waals surface area contributed by atoms with Gasteiger partial charge in [-0.25, -0.2) is 22.3 Å². The molecule has 2 aromatic carbocycles. The molecule has 6 nitrogen and oxygen atoms in total. The van der Waals surface area contributed by atoms with Crippen LogP contribution in [-0.4, -0.2) is 43.5 Å². The first-order chi connectivity index (χ1) is 12.8. The van der Waals surface area contributed by atoms with Gasteiger partial charge in [-0.2, -0.15) is 0 Å². The molecule has 2 N–H and O–H groups in total. The number of carbonyl (C=O) groups is 1. The molecular formula is C19H21FN2O4S. The molecule has 1 fully saturated rings. The zero-order chi connectivity index (χ0) is 19.4. The first kappa shape index (κ1) is 19.5. The van der Waals surface area contributed by atoms with Gasteiger partial charge in [-0.15, -0.1) is 0 Å². The normalized spacial score (nSPS) is 18.3. The summed E-state index contributed by atoms with van der Waals surface area (Å²) in [5.41, 5.74) is 0.605. The van der Waals surface area contributed by atoms with Gasteiger partial charge in [0.15, 0.2) is 0 Å². The summed E-state index contributed by atoms with van der Waals surface area (Å²) in [6, 6.07) is 12.5. The van der Waals surface area contributed by atoms with Crippen molar-refractivity contribution in [3.63, 3.8) is 0 Å². The van der Waals surface area contributed by atoms with Gasteiger partial charge < -0.3 is 5.11 Å². The van der Waals surface area contributed by atoms with Crippen LogP contribution in [0.3, 0.4) is 0 Å². The Balaban J connectivity index is 1.68. The Kier molecular flexibility index (Phi) is 5.88. The summed E-state index contributed by atoms with van der Waals surface area (Å²) in [5, 5.41) is 8.86. The maximum Gasteiger partial charge on any atom is 0.338 e. The number of halogens is 1. The highest BCUT2D eigenvalue weighted by Gasteiger charge is 2.26. The Morgan fingerprint density at radius 3 is 2.63 bits per heavy atom. The van der Waals surface area contributed by atoms with Crippen molar-refractivity contribution in [3.8, 4) is 0 Å². The fraction of sp³-hybridized carbons (Fsp3) is 0.316. The molecule has 1 saturated heterocycles. The van der Waals surface area contributed by atoms with Gasteiger partial charge >= 0.3 is 5.97 Å². The summed E-state index contributed by atoms with van der Waals surface area (Å²) in [4.78, 5) is 12.8. The molecule has 0 amide bonds. The number of nitrogens with one attached hydrogen (secondary N) is 1. The van der Waals surface area contributed by atoms with Crippen LogP contribution in [0.5, 0.6) is 0 Å². The molecule has 0 bridgehead atoms. The van der Waals surface area contributed by atoms with E-state index in [1.807, 2.05) is 30.3 Å². The van der Waals surface area contributed by atoms with Crippen LogP contribution in [0.4, 0.5) is 4.39 Å². The van der Waals surface area contributed by atoms with Crippen LogP contribution in [0.15, 0.2) is 53.4 Å². The second-order valence-electron chi connectivity index (χ2n) is 6.63. The highest BCUT2D eigenvalue weighted by molar-refractivity contribution is 7.89. The topological polar surface area (TPSA) is 86.7 Å². The number of rotatable bonds is 6. The number of piperidine rings is 1. The lowest BCUT2D eigenvalue weighted by molar-refractivity contribution is 0.0691. The Hall–Kier alpha value is -2.29. The summed E-state index contributed by atoms with van der Waals surface area (Å²) < 4.78 is 41.6. The van der Waals surface area contributed by atoms with Crippen molar-refractivity contribution in [2.24, 2.45) is 0 Å². The first-order valence-corrected chi connectivity index (χ1v) is 10.1. The standard InChI is InChI=1S/C19H21FN2O4S/c20-18-11-16(8-9-17(18)19(23)24)27(25,26)21-15-7-4-10-22(13-15)12-14-5-2-1-3-6-14/h1-3,5-6,8-9,11,15,21H,4,7,10,12-13H2,(H,23,24). The van der Waals surface area contributed by atoms with E-state index in [0.717, 1.165) is 43.3 Å². The van der Waals surface area contributed by atoms with Crippen molar-refractivity contribution in [2.45, 2.75) is 30.3 Å². The molecule has 0 radical (unpaired) electrons. The predicted octanol–water partition coefficient (Wildman–Crippen LogP) is 2.47. The highest BCUT2D eigenvalue weighted by Crippen LogP contribution is 2.19. The van der Waals surface area contributed by atoms with Gasteiger partial charge in [0.25, 0.3) is 0 Å². The van der Waals surface area contributed by atoms with Crippen LogP contribution in [0, 0.1) is 5.82 Å². The average molecular weight is 392 g/mol. The summed E-state index contributed by atoms with van der Waals surface area (Å²) in [5.74, 6) is -2.51. The van der Waals surface area contributed by atoms with Crippen molar-refractivity contribution in [1.29, 1.82) is 0 Å². The third-order valence-corrected chi connectivity index (χ3v) is 6.08. The van der Waals surface area contributed by atoms with Gasteiger partial charge in [0, 0.05) is 19.1 Å². The first-order valence-electron chi connectivity index (χ1n) is 8.66. The predicted molar refractivity (Wildman–Crippen MR) is 98.4 cm³/mol. The molecule has 0 spiro atoms. The van der Waals surface area contributed by atoms with Gasteiger partial charge in [0.1, 0.15) is 5.82 Å². The number of likely N-dealkylation sites (tertiary alicyclic amines) is 1. The number of aromatic carboxylic acids is 1. The largest absolute Gasteiger partial charge is 0.478 e. The average Bonchev–Trinajstić information content (AvgIpc) is 2.62. The second-order valence-corrected chi connectivity index (χ2v) is 8.34. The zero-order valence-electron chi connectivity index (χ0n) is 14.6. The Morgan fingerprint density at radius 1 is 1.22 bits per heavy atom. The Labute approximate surface area is 157 Å². The minimum absolute atomic E-state index is 0.273. The molecule has 2 aromatic rings. The van der Waals surface area contributed by atoms with Gasteiger partial charge in [-0.05, 0) is 43.1 Å². The van der Waals surface area contributed by atoms with Crippen LogP contribution in [0.1, 0.15) is 28.8 Å². The molecule has 1 atom stereocenters. The zero-order valence-corrected chi connectivity index (χ0v) is 15.5. The van der Waals surface area contributed by atoms with Crippen molar-refractivity contribution in [1.82, 2.24) is 9.62 Å². The number of carboxylic acids is 1. The minimum Gasteiger partial charge on any atom is -0.478 e. The van der Waals surface area contributed by atoms with Gasteiger partial charge in [-0.3, -0.25) is 4.90 Å². The molecule has 0 saturated carbocycles. The van der Waals surface area contributed by atoms with Crippen LogP contribution < -0.4 is 4.72 Å². The van der Waals surface area contributed by atoms with Crippen molar-refractivity contribution in [2.75, 3.05) is 13.1 Å². The smallest absolute Gasteiger partial charge is 0.338 e. The van der Waals surface area contributed by atoms with E-state index in [9.17, 15) is 17.6 Å². The van der Waals surface area contributed by atoms with Gasteiger partial charge in [0.05, 0.1) is 10.5 Å². The summed E-state index contributed by atoms with van der Waals surface area (Å²) in [6.45, 7) is 2.18. The summed E-state index contributed by atoms with van der Waals surface area (Å²) in [6.07, 6.45) is 1.55. The molecule has 3 rings (SSSR count). The fourth-order valence-corrected chi connectivity index (χ4v) is 4.53. The van der Waals surface area contributed by atoms with Crippen molar-refractivity contribution < 1.29 is 22.7 Å².